The number of carbonyl (C=O) groups excluding carboxylic acids is 3. The number of carbonyl (C=O) groups is 3. The molecule has 1 aromatic rings. The fourth-order valence-electron chi connectivity index (χ4n) is 2.34. The molecule has 1 aliphatic heterocycles. The van der Waals surface area contributed by atoms with Gasteiger partial charge in [-0.15, -0.1) is 11.8 Å². The quantitative estimate of drug-likeness (QED) is 0.760. The Hall–Kier alpha value is -1.89. The van der Waals surface area contributed by atoms with Gasteiger partial charge in [0.15, 0.2) is 5.78 Å². The third-order valence-electron chi connectivity index (χ3n) is 3.34. The zero-order valence-corrected chi connectivity index (χ0v) is 14.7. The normalized spacial score (nSPS) is 16.0. The highest BCUT2D eigenvalue weighted by Crippen LogP contribution is 2.32. The average molecular weight is 353 g/mol. The molecule has 130 valence electrons. The first kappa shape index (κ1) is 18.4. The molecule has 2 amide bonds. The Morgan fingerprint density at radius 2 is 2.00 bits per heavy atom. The molecule has 5 nitrogen and oxygen atoms in total. The number of rotatable bonds is 5. The number of ketones is 1. The minimum atomic E-state index is -0.775. The molecule has 0 N–H and O–H groups in total. The van der Waals surface area contributed by atoms with E-state index >= 15 is 0 Å². The van der Waals surface area contributed by atoms with Crippen LogP contribution in [0.25, 0.3) is 0 Å². The van der Waals surface area contributed by atoms with E-state index in [9.17, 15) is 18.8 Å². The van der Waals surface area contributed by atoms with Crippen molar-refractivity contribution >= 4 is 29.5 Å². The molecule has 0 aliphatic carbocycles. The van der Waals surface area contributed by atoms with Crippen molar-refractivity contribution < 1.29 is 23.5 Å². The van der Waals surface area contributed by atoms with Gasteiger partial charge < -0.3 is 4.74 Å². The van der Waals surface area contributed by atoms with Crippen LogP contribution in [0.5, 0.6) is 0 Å². The molecule has 1 aliphatic rings. The topological polar surface area (TPSA) is 63.7 Å². The third-order valence-corrected chi connectivity index (χ3v) is 4.70. The second-order valence-electron chi connectivity index (χ2n) is 6.43. The number of Topliss-reactive ketones (excluding diaryl/α,β-unsaturated/α-hetero) is 1. The molecule has 24 heavy (non-hydrogen) atoms. The second kappa shape index (κ2) is 7.34. The zero-order chi connectivity index (χ0) is 17.9. The molecule has 1 atom stereocenters. The van der Waals surface area contributed by atoms with Gasteiger partial charge >= 0.3 is 6.09 Å². The van der Waals surface area contributed by atoms with Gasteiger partial charge in [0, 0.05) is 11.2 Å². The predicted molar refractivity (Wildman–Crippen MR) is 89.5 cm³/mol. The van der Waals surface area contributed by atoms with Gasteiger partial charge in [0.2, 0.25) is 5.91 Å². The van der Waals surface area contributed by atoms with Crippen LogP contribution in [-0.2, 0) is 9.53 Å². The van der Waals surface area contributed by atoms with Crippen molar-refractivity contribution in [3.63, 3.8) is 0 Å². The van der Waals surface area contributed by atoms with E-state index in [-0.39, 0.29) is 29.9 Å². The van der Waals surface area contributed by atoms with Crippen LogP contribution in [0, 0.1) is 5.82 Å². The van der Waals surface area contributed by atoms with Crippen LogP contribution in [-0.4, -0.2) is 45.8 Å². The first-order valence-electron chi connectivity index (χ1n) is 7.63. The van der Waals surface area contributed by atoms with E-state index in [1.54, 1.807) is 6.07 Å². The Bertz CT molecular complexity index is 656. The maximum atomic E-state index is 13.8. The molecule has 1 heterocycles. The fourth-order valence-corrected chi connectivity index (χ4v) is 3.66. The molecule has 0 spiro atoms. The van der Waals surface area contributed by atoms with E-state index in [0.29, 0.717) is 0 Å². The number of imide groups is 1. The first-order chi connectivity index (χ1) is 11.2. The van der Waals surface area contributed by atoms with E-state index in [1.807, 2.05) is 20.8 Å². The molecule has 7 heteroatoms. The molecular formula is C17H20FNO4S. The Morgan fingerprint density at radius 1 is 1.33 bits per heavy atom. The highest BCUT2D eigenvalue weighted by atomic mass is 32.2. The van der Waals surface area contributed by atoms with E-state index in [2.05, 4.69) is 0 Å². The van der Waals surface area contributed by atoms with E-state index < -0.39 is 28.9 Å². The summed E-state index contributed by atoms with van der Waals surface area (Å²) in [6.07, 6.45) is -0.872. The number of hydrogen-bond donors (Lipinski definition) is 0. The number of thioether (sulfide) groups is 1. The summed E-state index contributed by atoms with van der Waals surface area (Å²) in [5.74, 6) is -1.55. The van der Waals surface area contributed by atoms with Gasteiger partial charge in [-0.1, -0.05) is 32.9 Å². The van der Waals surface area contributed by atoms with Crippen molar-refractivity contribution in [1.82, 2.24) is 4.90 Å². The van der Waals surface area contributed by atoms with Gasteiger partial charge in [-0.05, 0) is 12.1 Å². The molecule has 0 unspecified atom stereocenters. The summed E-state index contributed by atoms with van der Waals surface area (Å²) in [6, 6.07) is 5.67. The van der Waals surface area contributed by atoms with Crippen LogP contribution >= 0.6 is 11.8 Å². The van der Waals surface area contributed by atoms with Crippen molar-refractivity contribution in [2.75, 3.05) is 13.2 Å². The molecule has 0 bridgehead atoms. The SMILES string of the molecule is CC(C)(C)S[C@@H](CC(=O)c1ccccc1F)C(=O)N1CCOC1=O. The molecular weight excluding hydrogens is 333 g/mol. The lowest BCUT2D eigenvalue weighted by Gasteiger charge is -2.26. The lowest BCUT2D eigenvalue weighted by Crippen LogP contribution is -2.40. The maximum Gasteiger partial charge on any atom is 0.416 e. The van der Waals surface area contributed by atoms with E-state index in [1.165, 1.54) is 30.0 Å². The van der Waals surface area contributed by atoms with Crippen LogP contribution in [0.4, 0.5) is 9.18 Å². The number of nitrogens with zero attached hydrogens (tertiary/aromatic N) is 1. The molecule has 2 rings (SSSR count). The summed E-state index contributed by atoms with van der Waals surface area (Å²) in [7, 11) is 0. The molecule has 0 radical (unpaired) electrons. The smallest absolute Gasteiger partial charge is 0.416 e. The molecule has 1 aromatic carbocycles. The van der Waals surface area contributed by atoms with Gasteiger partial charge in [-0.3, -0.25) is 9.59 Å². The van der Waals surface area contributed by atoms with Crippen LogP contribution in [0.15, 0.2) is 24.3 Å². The number of amides is 2. The van der Waals surface area contributed by atoms with Crippen LogP contribution in [0.1, 0.15) is 37.6 Å². The number of cyclic esters (lactones) is 1. The number of ether oxygens (including phenoxy) is 1. The molecule has 0 saturated carbocycles. The van der Waals surface area contributed by atoms with Crippen molar-refractivity contribution in [2.24, 2.45) is 0 Å². The maximum absolute atomic E-state index is 13.8. The summed E-state index contributed by atoms with van der Waals surface area (Å²) in [5, 5.41) is -0.775. The average Bonchev–Trinajstić information content (AvgIpc) is 2.91. The molecule has 0 aromatic heterocycles. The largest absolute Gasteiger partial charge is 0.447 e. The number of hydrogen-bond acceptors (Lipinski definition) is 5. The summed E-state index contributed by atoms with van der Waals surface area (Å²) in [4.78, 5) is 37.7. The third kappa shape index (κ3) is 4.56. The van der Waals surface area contributed by atoms with E-state index in [4.69, 9.17) is 4.74 Å². The molecule has 1 saturated heterocycles. The highest BCUT2D eigenvalue weighted by Gasteiger charge is 2.37. The van der Waals surface area contributed by atoms with Crippen LogP contribution < -0.4 is 0 Å². The summed E-state index contributed by atoms with van der Waals surface area (Å²) >= 11 is 1.29. The number of halogens is 1. The summed E-state index contributed by atoms with van der Waals surface area (Å²) in [6.45, 7) is 6.06. The predicted octanol–water partition coefficient (Wildman–Crippen LogP) is 3.28. The lowest BCUT2D eigenvalue weighted by molar-refractivity contribution is -0.127. The Kier molecular flexibility index (Phi) is 5.64. The first-order valence-corrected chi connectivity index (χ1v) is 8.50. The van der Waals surface area contributed by atoms with Gasteiger partial charge in [0.25, 0.3) is 0 Å². The highest BCUT2D eigenvalue weighted by molar-refractivity contribution is 8.01. The monoisotopic (exact) mass is 353 g/mol. The standard InChI is InChI=1S/C17H20FNO4S/c1-17(2,3)24-14(15(21)19-8-9-23-16(19)22)10-13(20)11-6-4-5-7-12(11)18/h4-7,14H,8-10H2,1-3H3/t14-/m0/s1. The van der Waals surface area contributed by atoms with Crippen molar-refractivity contribution in [3.05, 3.63) is 35.6 Å². The minimum Gasteiger partial charge on any atom is -0.447 e. The van der Waals surface area contributed by atoms with Crippen LogP contribution in [0.2, 0.25) is 0 Å². The zero-order valence-electron chi connectivity index (χ0n) is 13.9. The van der Waals surface area contributed by atoms with Crippen LogP contribution in [0.3, 0.4) is 0 Å². The summed E-state index contributed by atoms with van der Waals surface area (Å²) in [5.41, 5.74) is -0.0474. The van der Waals surface area contributed by atoms with Gasteiger partial charge in [0.1, 0.15) is 12.4 Å². The van der Waals surface area contributed by atoms with E-state index in [0.717, 1.165) is 4.90 Å². The van der Waals surface area contributed by atoms with Crippen molar-refractivity contribution in [3.8, 4) is 0 Å². The minimum absolute atomic E-state index is 0.0474. The van der Waals surface area contributed by atoms with Crippen molar-refractivity contribution in [1.29, 1.82) is 0 Å². The Labute approximate surface area is 144 Å². The van der Waals surface area contributed by atoms with Gasteiger partial charge in [-0.2, -0.15) is 0 Å². The Morgan fingerprint density at radius 3 is 2.54 bits per heavy atom. The summed E-state index contributed by atoms with van der Waals surface area (Å²) < 4.78 is 18.3. The van der Waals surface area contributed by atoms with Gasteiger partial charge in [-0.25, -0.2) is 14.1 Å². The Balaban J connectivity index is 2.20. The second-order valence-corrected chi connectivity index (χ2v) is 8.46. The van der Waals surface area contributed by atoms with Crippen molar-refractivity contribution in [2.45, 2.75) is 37.2 Å². The lowest BCUT2D eigenvalue weighted by atomic mass is 10.1. The van der Waals surface area contributed by atoms with Gasteiger partial charge in [0.05, 0.1) is 17.4 Å². The number of benzene rings is 1. The molecule has 1 fully saturated rings. The fraction of sp³-hybridized carbons (Fsp3) is 0.471.